The summed E-state index contributed by atoms with van der Waals surface area (Å²) in [6.45, 7) is 0. The van der Waals surface area contributed by atoms with Gasteiger partial charge < -0.3 is 14.2 Å². The van der Waals surface area contributed by atoms with Crippen molar-refractivity contribution < 1.29 is 19.0 Å². The lowest BCUT2D eigenvalue weighted by atomic mass is 10.1. The molecule has 0 saturated carbocycles. The van der Waals surface area contributed by atoms with Crippen LogP contribution in [0.15, 0.2) is 42.8 Å². The van der Waals surface area contributed by atoms with E-state index in [1.165, 1.54) is 26.7 Å². The molecule has 0 N–H and O–H groups in total. The van der Waals surface area contributed by atoms with Crippen molar-refractivity contribution in [2.45, 2.75) is 0 Å². The van der Waals surface area contributed by atoms with E-state index in [0.717, 1.165) is 0 Å². The van der Waals surface area contributed by atoms with Crippen LogP contribution in [0.25, 0.3) is 5.57 Å². The summed E-state index contributed by atoms with van der Waals surface area (Å²) in [4.78, 5) is 16.1. The van der Waals surface area contributed by atoms with Crippen molar-refractivity contribution in [3.05, 3.63) is 58.4 Å². The van der Waals surface area contributed by atoms with E-state index in [0.29, 0.717) is 21.4 Å². The maximum atomic E-state index is 11.9. The number of pyridine rings is 1. The normalized spacial score (nSPS) is 11.0. The number of esters is 1. The smallest absolute Gasteiger partial charge is 0.341 e. The Kier molecular flexibility index (Phi) is 5.84. The molecular weight excluding hydrogens is 341 g/mol. The van der Waals surface area contributed by atoms with E-state index >= 15 is 0 Å². The number of benzene rings is 1. The van der Waals surface area contributed by atoms with Gasteiger partial charge in [0, 0.05) is 16.2 Å². The molecule has 0 aliphatic carbocycles. The maximum absolute atomic E-state index is 11.9. The molecule has 0 atom stereocenters. The zero-order chi connectivity index (χ0) is 16.8. The van der Waals surface area contributed by atoms with Crippen molar-refractivity contribution in [1.29, 1.82) is 0 Å². The minimum atomic E-state index is -0.575. The Morgan fingerprint density at radius 1 is 1.17 bits per heavy atom. The molecule has 0 amide bonds. The quantitative estimate of drug-likeness (QED) is 0.454. The molecule has 1 aromatic heterocycles. The second-order valence-electron chi connectivity index (χ2n) is 4.32. The second-order valence-corrected chi connectivity index (χ2v) is 5.20. The van der Waals surface area contributed by atoms with Crippen LogP contribution in [0.2, 0.25) is 10.0 Å². The van der Waals surface area contributed by atoms with Crippen LogP contribution in [0.4, 0.5) is 0 Å². The number of methoxy groups -OCH3 is 2. The van der Waals surface area contributed by atoms with Gasteiger partial charge in [-0.25, -0.2) is 9.78 Å². The van der Waals surface area contributed by atoms with E-state index in [4.69, 9.17) is 37.4 Å². The molecule has 1 heterocycles. The first-order chi connectivity index (χ1) is 11.0. The first-order valence-electron chi connectivity index (χ1n) is 6.45. The number of halogens is 2. The Labute approximate surface area is 143 Å². The predicted octanol–water partition coefficient (Wildman–Crippen LogP) is 4.34. The maximum Gasteiger partial charge on any atom is 0.341 e. The van der Waals surface area contributed by atoms with Crippen molar-refractivity contribution >= 4 is 34.7 Å². The highest BCUT2D eigenvalue weighted by molar-refractivity contribution is 6.34. The summed E-state index contributed by atoms with van der Waals surface area (Å²) in [6, 6.07) is 8.09. The first kappa shape index (κ1) is 17.1. The van der Waals surface area contributed by atoms with Gasteiger partial charge in [-0.2, -0.15) is 0 Å². The van der Waals surface area contributed by atoms with Crippen molar-refractivity contribution in [3.8, 4) is 11.6 Å². The number of ether oxygens (including phenoxy) is 3. The third kappa shape index (κ3) is 4.37. The molecule has 5 nitrogen and oxygen atoms in total. The Morgan fingerprint density at radius 2 is 1.87 bits per heavy atom. The summed E-state index contributed by atoms with van der Waals surface area (Å²) in [7, 11) is 2.70. The monoisotopic (exact) mass is 353 g/mol. The molecule has 0 spiro atoms. The van der Waals surface area contributed by atoms with Gasteiger partial charge >= 0.3 is 5.97 Å². The number of rotatable bonds is 5. The highest BCUT2D eigenvalue weighted by Crippen LogP contribution is 2.31. The lowest BCUT2D eigenvalue weighted by Crippen LogP contribution is -2.06. The molecule has 120 valence electrons. The molecule has 0 bridgehead atoms. The number of hydrogen-bond acceptors (Lipinski definition) is 5. The van der Waals surface area contributed by atoms with E-state index < -0.39 is 5.97 Å². The van der Waals surface area contributed by atoms with E-state index in [1.807, 2.05) is 0 Å². The summed E-state index contributed by atoms with van der Waals surface area (Å²) in [5.41, 5.74) is 0.587. The molecule has 0 unspecified atom stereocenters. The number of aromatic nitrogens is 1. The van der Waals surface area contributed by atoms with Gasteiger partial charge in [0.25, 0.3) is 0 Å². The third-order valence-corrected chi connectivity index (χ3v) is 3.19. The Bertz CT molecular complexity index is 726. The predicted molar refractivity (Wildman–Crippen MR) is 87.8 cm³/mol. The van der Waals surface area contributed by atoms with Gasteiger partial charge in [0.1, 0.15) is 11.3 Å². The van der Waals surface area contributed by atoms with E-state index in [9.17, 15) is 4.79 Å². The zero-order valence-corrected chi connectivity index (χ0v) is 13.9. The van der Waals surface area contributed by atoms with Crippen LogP contribution < -0.4 is 4.74 Å². The van der Waals surface area contributed by atoms with E-state index in [-0.39, 0.29) is 11.5 Å². The highest BCUT2D eigenvalue weighted by atomic mass is 35.5. The zero-order valence-electron chi connectivity index (χ0n) is 12.4. The number of carbonyl (C=O) groups is 1. The Balaban J connectivity index is 2.44. The molecular formula is C16H13Cl2NO4. The number of hydrogen-bond donors (Lipinski definition) is 0. The summed E-state index contributed by atoms with van der Waals surface area (Å²) in [5.74, 6) is 0.0115. The summed E-state index contributed by atoms with van der Waals surface area (Å²) < 4.78 is 15.4. The average molecular weight is 354 g/mol. The minimum absolute atomic E-state index is 0.172. The lowest BCUT2D eigenvalue weighted by molar-refractivity contribution is -0.133. The topological polar surface area (TPSA) is 57.7 Å². The molecule has 23 heavy (non-hydrogen) atoms. The number of nitrogens with zero attached hydrogens (tertiary/aromatic N) is 1. The van der Waals surface area contributed by atoms with Crippen LogP contribution in [0.5, 0.6) is 11.6 Å². The van der Waals surface area contributed by atoms with Gasteiger partial charge in [-0.05, 0) is 30.3 Å². The van der Waals surface area contributed by atoms with Crippen LogP contribution in [-0.2, 0) is 14.3 Å². The molecule has 0 saturated heterocycles. The minimum Gasteiger partial charge on any atom is -0.503 e. The Hall–Kier alpha value is -2.24. The van der Waals surface area contributed by atoms with Gasteiger partial charge in [0.2, 0.25) is 5.88 Å². The molecule has 7 heteroatoms. The van der Waals surface area contributed by atoms with Crippen molar-refractivity contribution in [2.75, 3.05) is 14.2 Å². The van der Waals surface area contributed by atoms with Gasteiger partial charge in [0.15, 0.2) is 0 Å². The highest BCUT2D eigenvalue weighted by Gasteiger charge is 2.19. The van der Waals surface area contributed by atoms with Gasteiger partial charge in [0.05, 0.1) is 26.0 Å². The largest absolute Gasteiger partial charge is 0.503 e. The molecule has 2 rings (SSSR count). The second kappa shape index (κ2) is 7.85. The standard InChI is InChI=1S/C16H13Cl2NO4/c1-21-9-14(16(20)22-2)13-4-3-5-19-15(13)23-12-7-10(17)6-11(18)8-12/h3-9H,1-2H3. The SMILES string of the molecule is COC=C(C(=O)OC)c1cccnc1Oc1cc(Cl)cc(Cl)c1. The lowest BCUT2D eigenvalue weighted by Gasteiger charge is -2.12. The average Bonchev–Trinajstić information content (AvgIpc) is 2.52. The van der Waals surface area contributed by atoms with Gasteiger partial charge in [-0.3, -0.25) is 0 Å². The molecule has 0 radical (unpaired) electrons. The molecule has 0 fully saturated rings. The molecule has 0 aliphatic rings. The van der Waals surface area contributed by atoms with Crippen LogP contribution in [0.3, 0.4) is 0 Å². The first-order valence-corrected chi connectivity index (χ1v) is 7.21. The van der Waals surface area contributed by atoms with E-state index in [1.54, 1.807) is 30.3 Å². The van der Waals surface area contributed by atoms with Crippen LogP contribution in [-0.4, -0.2) is 25.2 Å². The summed E-state index contributed by atoms with van der Waals surface area (Å²) in [5, 5.41) is 0.844. The molecule has 0 aliphatic heterocycles. The number of carbonyl (C=O) groups excluding carboxylic acids is 1. The van der Waals surface area contributed by atoms with Crippen LogP contribution in [0.1, 0.15) is 5.56 Å². The molecule has 1 aromatic carbocycles. The van der Waals surface area contributed by atoms with Gasteiger partial charge in [-0.15, -0.1) is 0 Å². The van der Waals surface area contributed by atoms with Crippen LogP contribution in [0, 0.1) is 0 Å². The summed E-state index contributed by atoms with van der Waals surface area (Å²) >= 11 is 11.9. The fourth-order valence-electron chi connectivity index (χ4n) is 1.83. The van der Waals surface area contributed by atoms with Crippen molar-refractivity contribution in [2.24, 2.45) is 0 Å². The Morgan fingerprint density at radius 3 is 2.48 bits per heavy atom. The van der Waals surface area contributed by atoms with Crippen LogP contribution >= 0.6 is 23.2 Å². The van der Waals surface area contributed by atoms with Gasteiger partial charge in [-0.1, -0.05) is 23.2 Å². The fraction of sp³-hybridized carbons (Fsp3) is 0.125. The van der Waals surface area contributed by atoms with Crippen molar-refractivity contribution in [3.63, 3.8) is 0 Å². The van der Waals surface area contributed by atoms with Crippen molar-refractivity contribution in [1.82, 2.24) is 4.98 Å². The fourth-order valence-corrected chi connectivity index (χ4v) is 2.33. The third-order valence-electron chi connectivity index (χ3n) is 2.75. The van der Waals surface area contributed by atoms with E-state index in [2.05, 4.69) is 4.98 Å². The summed E-state index contributed by atoms with van der Waals surface area (Å²) in [6.07, 6.45) is 2.80. The molecule has 2 aromatic rings.